The maximum Gasteiger partial charge on any atom is 0.251 e. The lowest BCUT2D eigenvalue weighted by Crippen LogP contribution is -2.45. The molecular formula is C18H23NO2. The van der Waals surface area contributed by atoms with Crippen molar-refractivity contribution in [2.75, 3.05) is 6.61 Å². The van der Waals surface area contributed by atoms with E-state index in [1.165, 1.54) is 36.8 Å². The van der Waals surface area contributed by atoms with Crippen molar-refractivity contribution < 1.29 is 9.90 Å². The molecule has 3 aliphatic rings. The summed E-state index contributed by atoms with van der Waals surface area (Å²) in [4.78, 5) is 12.5. The van der Waals surface area contributed by atoms with E-state index < -0.39 is 0 Å². The summed E-state index contributed by atoms with van der Waals surface area (Å²) in [7, 11) is 0. The highest BCUT2D eigenvalue weighted by molar-refractivity contribution is 5.94. The van der Waals surface area contributed by atoms with Crippen molar-refractivity contribution >= 4 is 5.91 Å². The largest absolute Gasteiger partial charge is 0.396 e. The first-order valence-corrected chi connectivity index (χ1v) is 8.30. The van der Waals surface area contributed by atoms with Crippen LogP contribution in [0.5, 0.6) is 0 Å². The molecule has 3 nitrogen and oxygen atoms in total. The van der Waals surface area contributed by atoms with Crippen LogP contribution in [0.3, 0.4) is 0 Å². The van der Waals surface area contributed by atoms with Gasteiger partial charge < -0.3 is 10.4 Å². The van der Waals surface area contributed by atoms with Crippen molar-refractivity contribution in [1.82, 2.24) is 5.32 Å². The van der Waals surface area contributed by atoms with E-state index in [9.17, 15) is 9.90 Å². The van der Waals surface area contributed by atoms with Crippen molar-refractivity contribution in [1.29, 1.82) is 0 Å². The summed E-state index contributed by atoms with van der Waals surface area (Å²) >= 11 is 0. The van der Waals surface area contributed by atoms with Gasteiger partial charge in [-0.1, -0.05) is 6.07 Å². The Morgan fingerprint density at radius 1 is 1.19 bits per heavy atom. The number of aliphatic hydroxyl groups is 1. The molecule has 3 aliphatic carbocycles. The molecule has 1 amide bonds. The zero-order chi connectivity index (χ0) is 14.4. The lowest BCUT2D eigenvalue weighted by molar-refractivity contribution is 0.0861. The molecule has 2 saturated carbocycles. The molecule has 2 bridgehead atoms. The number of aryl methyl sites for hydroxylation is 2. The minimum Gasteiger partial charge on any atom is -0.396 e. The first-order chi connectivity index (χ1) is 10.3. The topological polar surface area (TPSA) is 49.3 Å². The second-order valence-corrected chi connectivity index (χ2v) is 7.02. The van der Waals surface area contributed by atoms with Gasteiger partial charge in [0.05, 0.1) is 0 Å². The van der Waals surface area contributed by atoms with Crippen LogP contribution in [0.25, 0.3) is 0 Å². The first-order valence-electron chi connectivity index (χ1n) is 8.30. The highest BCUT2D eigenvalue weighted by Crippen LogP contribution is 2.48. The molecule has 2 N–H and O–H groups in total. The predicted molar refractivity (Wildman–Crippen MR) is 81.1 cm³/mol. The molecule has 0 aliphatic heterocycles. The van der Waals surface area contributed by atoms with Crippen LogP contribution in [0.2, 0.25) is 0 Å². The average molecular weight is 285 g/mol. The number of nitrogens with one attached hydrogen (secondary N) is 1. The van der Waals surface area contributed by atoms with Crippen LogP contribution in [0.1, 0.15) is 47.2 Å². The van der Waals surface area contributed by atoms with E-state index in [1.807, 2.05) is 6.07 Å². The molecule has 4 unspecified atom stereocenters. The second-order valence-electron chi connectivity index (χ2n) is 7.02. The van der Waals surface area contributed by atoms with Gasteiger partial charge in [0.2, 0.25) is 0 Å². The molecule has 1 aromatic carbocycles. The van der Waals surface area contributed by atoms with Crippen molar-refractivity contribution in [3.63, 3.8) is 0 Å². The van der Waals surface area contributed by atoms with Gasteiger partial charge in [0.15, 0.2) is 0 Å². The van der Waals surface area contributed by atoms with E-state index in [1.54, 1.807) is 0 Å². The van der Waals surface area contributed by atoms with Crippen LogP contribution in [0.15, 0.2) is 18.2 Å². The molecule has 0 aromatic heterocycles. The van der Waals surface area contributed by atoms with E-state index in [0.717, 1.165) is 18.4 Å². The molecule has 0 radical (unpaired) electrons. The number of benzene rings is 1. The van der Waals surface area contributed by atoms with Crippen molar-refractivity contribution in [3.8, 4) is 0 Å². The minimum absolute atomic E-state index is 0.0423. The van der Waals surface area contributed by atoms with Gasteiger partial charge in [0.25, 0.3) is 5.91 Å². The summed E-state index contributed by atoms with van der Waals surface area (Å²) < 4.78 is 0. The van der Waals surface area contributed by atoms with Crippen LogP contribution in [-0.2, 0) is 12.8 Å². The molecular weight excluding hydrogens is 262 g/mol. The summed E-state index contributed by atoms with van der Waals surface area (Å²) in [6, 6.07) is 6.32. The van der Waals surface area contributed by atoms with Gasteiger partial charge in [-0.2, -0.15) is 0 Å². The number of rotatable bonds is 3. The predicted octanol–water partition coefficient (Wildman–Crippen LogP) is 2.31. The Bertz CT molecular complexity index is 568. The van der Waals surface area contributed by atoms with Crippen LogP contribution in [0.4, 0.5) is 0 Å². The molecule has 4 atom stereocenters. The van der Waals surface area contributed by atoms with Crippen LogP contribution < -0.4 is 5.32 Å². The Morgan fingerprint density at radius 2 is 2.00 bits per heavy atom. The number of amides is 1. The lowest BCUT2D eigenvalue weighted by atomic mass is 9.85. The van der Waals surface area contributed by atoms with Gasteiger partial charge >= 0.3 is 0 Å². The number of fused-ring (bicyclic) bond motifs is 3. The summed E-state index contributed by atoms with van der Waals surface area (Å²) in [6.45, 7) is 0.205. The fourth-order valence-electron chi connectivity index (χ4n) is 4.85. The SMILES string of the molecule is O=C(NC1C2CCC(C2)C1CO)c1ccc2c(c1)CCC2. The molecule has 1 aromatic rings. The maximum atomic E-state index is 12.5. The van der Waals surface area contributed by atoms with Crippen molar-refractivity contribution in [2.45, 2.75) is 44.6 Å². The second kappa shape index (κ2) is 5.13. The Hall–Kier alpha value is -1.35. The summed E-state index contributed by atoms with van der Waals surface area (Å²) in [5.74, 6) is 1.50. The molecule has 3 heteroatoms. The van der Waals surface area contributed by atoms with Gasteiger partial charge in [-0.3, -0.25) is 4.79 Å². The molecule has 2 fully saturated rings. The fraction of sp³-hybridized carbons (Fsp3) is 0.611. The Labute approximate surface area is 125 Å². The standard InChI is InChI=1S/C18H23NO2/c20-10-16-13-5-6-14(9-13)17(16)19-18(21)15-7-4-11-2-1-3-12(11)8-15/h4,7-8,13-14,16-17,20H,1-3,5-6,9-10H2,(H,19,21). The van der Waals surface area contributed by atoms with E-state index in [-0.39, 0.29) is 24.5 Å². The van der Waals surface area contributed by atoms with Crippen molar-refractivity contribution in [3.05, 3.63) is 34.9 Å². The zero-order valence-electron chi connectivity index (χ0n) is 12.3. The van der Waals surface area contributed by atoms with Gasteiger partial charge in [0, 0.05) is 24.1 Å². The van der Waals surface area contributed by atoms with E-state index in [0.29, 0.717) is 11.8 Å². The summed E-state index contributed by atoms with van der Waals surface area (Å²) in [5.41, 5.74) is 3.53. The molecule has 4 rings (SSSR count). The Balaban J connectivity index is 1.51. The maximum absolute atomic E-state index is 12.5. The highest BCUT2D eigenvalue weighted by Gasteiger charge is 2.47. The van der Waals surface area contributed by atoms with Crippen LogP contribution in [-0.4, -0.2) is 23.7 Å². The molecule has 21 heavy (non-hydrogen) atoms. The van der Waals surface area contributed by atoms with Gasteiger partial charge in [-0.25, -0.2) is 0 Å². The quantitative estimate of drug-likeness (QED) is 0.895. The normalized spacial score (nSPS) is 33.2. The Morgan fingerprint density at radius 3 is 2.86 bits per heavy atom. The highest BCUT2D eigenvalue weighted by atomic mass is 16.3. The summed E-state index contributed by atoms with van der Waals surface area (Å²) in [6.07, 6.45) is 7.07. The average Bonchev–Trinajstić information content (AvgIpc) is 3.21. The number of carbonyl (C=O) groups excluding carboxylic acids is 1. The number of hydrogen-bond acceptors (Lipinski definition) is 2. The van der Waals surface area contributed by atoms with Gasteiger partial charge in [-0.05, 0) is 73.6 Å². The van der Waals surface area contributed by atoms with Gasteiger partial charge in [-0.15, -0.1) is 0 Å². The van der Waals surface area contributed by atoms with Crippen molar-refractivity contribution in [2.24, 2.45) is 17.8 Å². The van der Waals surface area contributed by atoms with E-state index in [2.05, 4.69) is 17.4 Å². The zero-order valence-corrected chi connectivity index (χ0v) is 12.3. The molecule has 0 saturated heterocycles. The lowest BCUT2D eigenvalue weighted by Gasteiger charge is -2.30. The molecule has 0 spiro atoms. The first kappa shape index (κ1) is 13.3. The van der Waals surface area contributed by atoms with Crippen LogP contribution in [0, 0.1) is 17.8 Å². The fourth-order valence-corrected chi connectivity index (χ4v) is 4.85. The van der Waals surface area contributed by atoms with E-state index >= 15 is 0 Å². The van der Waals surface area contributed by atoms with E-state index in [4.69, 9.17) is 0 Å². The smallest absolute Gasteiger partial charge is 0.251 e. The Kier molecular flexibility index (Phi) is 3.26. The molecule has 0 heterocycles. The third-order valence-electron chi connectivity index (χ3n) is 5.96. The summed E-state index contributed by atoms with van der Waals surface area (Å²) in [5, 5.41) is 12.8. The van der Waals surface area contributed by atoms with Gasteiger partial charge in [0.1, 0.15) is 0 Å². The number of aliphatic hydroxyl groups excluding tert-OH is 1. The third-order valence-corrected chi connectivity index (χ3v) is 5.96. The number of hydrogen-bond donors (Lipinski definition) is 2. The monoisotopic (exact) mass is 285 g/mol. The minimum atomic E-state index is 0.0423. The van der Waals surface area contributed by atoms with Crippen LogP contribution >= 0.6 is 0 Å². The molecule has 112 valence electrons. The number of carbonyl (C=O) groups is 1. The third kappa shape index (κ3) is 2.18.